The van der Waals surface area contributed by atoms with Gasteiger partial charge in [-0.25, -0.2) is 9.78 Å². The normalized spacial score (nSPS) is 13.5. The highest BCUT2D eigenvalue weighted by Gasteiger charge is 2.43. The van der Waals surface area contributed by atoms with Crippen LogP contribution in [0.2, 0.25) is 0 Å². The number of halogens is 10. The van der Waals surface area contributed by atoms with Crippen LogP contribution in [-0.4, -0.2) is 35.5 Å². The van der Waals surface area contributed by atoms with Crippen molar-refractivity contribution in [3.63, 3.8) is 0 Å². The summed E-state index contributed by atoms with van der Waals surface area (Å²) in [5.74, 6) is -2.58. The molecule has 0 fully saturated rings. The number of methoxy groups -OCH3 is 1. The fourth-order valence-corrected chi connectivity index (χ4v) is 3.55. The highest BCUT2D eigenvalue weighted by Crippen LogP contribution is 2.46. The molecular formula is C19H15BrF9N3O4. The number of carbonyl (C=O) groups excluding carboxylic acids is 1. The molecule has 0 aliphatic heterocycles. The van der Waals surface area contributed by atoms with Crippen LogP contribution in [0.1, 0.15) is 23.7 Å². The first-order valence-corrected chi connectivity index (χ1v) is 10.3. The second kappa shape index (κ2) is 10.3. The lowest BCUT2D eigenvalue weighted by Crippen LogP contribution is -2.44. The van der Waals surface area contributed by atoms with Crippen LogP contribution in [0.3, 0.4) is 0 Å². The number of ether oxygens (including phenoxy) is 2. The van der Waals surface area contributed by atoms with Gasteiger partial charge in [0, 0.05) is 20.2 Å². The second-order valence-electron chi connectivity index (χ2n) is 6.90. The van der Waals surface area contributed by atoms with E-state index in [9.17, 15) is 49.1 Å². The molecule has 1 heterocycles. The van der Waals surface area contributed by atoms with Gasteiger partial charge in [0.1, 0.15) is 0 Å². The Morgan fingerprint density at radius 2 is 1.64 bits per heavy atom. The number of benzene rings is 1. The number of nitrogens with zero attached hydrogens (tertiary/aromatic N) is 3. The number of hydrogen-bond acceptors (Lipinski definition) is 6. The summed E-state index contributed by atoms with van der Waals surface area (Å²) in [4.78, 5) is 28.2. The quantitative estimate of drug-likeness (QED) is 0.256. The van der Waals surface area contributed by atoms with E-state index in [0.717, 1.165) is 14.2 Å². The van der Waals surface area contributed by atoms with Crippen LogP contribution < -0.4 is 10.5 Å². The molecule has 17 heteroatoms. The molecule has 0 saturated carbocycles. The van der Waals surface area contributed by atoms with Crippen LogP contribution in [-0.2, 0) is 39.8 Å². The average Bonchev–Trinajstić information content (AvgIpc) is 2.72. The predicted octanol–water partition coefficient (Wildman–Crippen LogP) is 5.27. The summed E-state index contributed by atoms with van der Waals surface area (Å²) in [5, 5.41) is 0. The Bertz CT molecular complexity index is 1190. The standard InChI is InChI=1S/C19H15BrF9N3O4/c1-4-36-15(34)14(35-3)32(16-30-11(19(27,28)29)7-12(33)31(16)2)10-6-8(17(21,22)23)5-9(13(10)20)18(24,25)26/h5-7,14H,4H2,1-3H3. The third-order valence-electron chi connectivity index (χ3n) is 4.51. The van der Waals surface area contributed by atoms with Crippen LogP contribution in [0.5, 0.6) is 0 Å². The molecule has 1 unspecified atom stereocenters. The van der Waals surface area contributed by atoms with E-state index in [1.165, 1.54) is 6.92 Å². The zero-order chi connectivity index (χ0) is 27.8. The SMILES string of the molecule is CCOC(=O)C(OC)N(c1cc(C(F)(F)F)cc(C(F)(F)F)c1Br)c1nc(C(F)(F)F)cc(=O)n1C. The fourth-order valence-electron chi connectivity index (χ4n) is 2.90. The molecule has 1 aromatic carbocycles. The summed E-state index contributed by atoms with van der Waals surface area (Å²) >= 11 is 2.53. The maximum absolute atomic E-state index is 13.6. The van der Waals surface area contributed by atoms with Crippen molar-refractivity contribution >= 4 is 33.5 Å². The number of esters is 1. The highest BCUT2D eigenvalue weighted by molar-refractivity contribution is 9.10. The molecule has 2 rings (SSSR count). The van der Waals surface area contributed by atoms with E-state index in [2.05, 4.69) is 20.9 Å². The third-order valence-corrected chi connectivity index (χ3v) is 5.34. The Labute approximate surface area is 204 Å². The number of rotatable bonds is 6. The minimum Gasteiger partial charge on any atom is -0.463 e. The third kappa shape index (κ3) is 6.11. The zero-order valence-electron chi connectivity index (χ0n) is 18.3. The molecule has 0 aliphatic rings. The Morgan fingerprint density at radius 3 is 2.08 bits per heavy atom. The molecule has 7 nitrogen and oxygen atoms in total. The van der Waals surface area contributed by atoms with Crippen molar-refractivity contribution in [2.45, 2.75) is 31.7 Å². The van der Waals surface area contributed by atoms with Gasteiger partial charge in [-0.3, -0.25) is 14.3 Å². The molecule has 1 atom stereocenters. The summed E-state index contributed by atoms with van der Waals surface area (Å²) in [6.45, 7) is 0.953. The van der Waals surface area contributed by atoms with Crippen LogP contribution in [0.15, 0.2) is 27.5 Å². The lowest BCUT2D eigenvalue weighted by molar-refractivity contribution is -0.154. The topological polar surface area (TPSA) is 73.7 Å². The minimum absolute atomic E-state index is 0.0518. The Balaban J connectivity index is 3.09. The van der Waals surface area contributed by atoms with Crippen molar-refractivity contribution in [2.24, 2.45) is 7.05 Å². The van der Waals surface area contributed by atoms with Crippen molar-refractivity contribution in [3.05, 3.63) is 49.8 Å². The Kier molecular flexibility index (Phi) is 8.39. The maximum atomic E-state index is 13.6. The van der Waals surface area contributed by atoms with E-state index in [4.69, 9.17) is 9.47 Å². The average molecular weight is 600 g/mol. The lowest BCUT2D eigenvalue weighted by atomic mass is 10.1. The van der Waals surface area contributed by atoms with E-state index >= 15 is 0 Å². The van der Waals surface area contributed by atoms with Crippen molar-refractivity contribution in [1.82, 2.24) is 9.55 Å². The molecule has 0 saturated heterocycles. The molecule has 0 aliphatic carbocycles. The van der Waals surface area contributed by atoms with Crippen LogP contribution in [0, 0.1) is 0 Å². The predicted molar refractivity (Wildman–Crippen MR) is 108 cm³/mol. The minimum atomic E-state index is -5.39. The maximum Gasteiger partial charge on any atom is 0.433 e. The van der Waals surface area contributed by atoms with E-state index in [0.29, 0.717) is 4.57 Å². The molecule has 2 aromatic rings. The van der Waals surface area contributed by atoms with Crippen LogP contribution in [0.4, 0.5) is 51.1 Å². The lowest BCUT2D eigenvalue weighted by Gasteiger charge is -2.33. The number of anilines is 2. The molecule has 200 valence electrons. The van der Waals surface area contributed by atoms with Gasteiger partial charge < -0.3 is 9.47 Å². The smallest absolute Gasteiger partial charge is 0.433 e. The molecule has 0 spiro atoms. The second-order valence-corrected chi connectivity index (χ2v) is 7.69. The summed E-state index contributed by atoms with van der Waals surface area (Å²) in [7, 11) is 1.62. The largest absolute Gasteiger partial charge is 0.463 e. The molecule has 0 amide bonds. The molecule has 36 heavy (non-hydrogen) atoms. The van der Waals surface area contributed by atoms with Gasteiger partial charge in [0.2, 0.25) is 12.2 Å². The van der Waals surface area contributed by atoms with Crippen molar-refractivity contribution in [3.8, 4) is 0 Å². The van der Waals surface area contributed by atoms with Crippen LogP contribution in [0.25, 0.3) is 0 Å². The van der Waals surface area contributed by atoms with E-state index in [1.807, 2.05) is 0 Å². The van der Waals surface area contributed by atoms with Gasteiger partial charge in [-0.2, -0.15) is 39.5 Å². The first kappa shape index (κ1) is 29.4. The van der Waals surface area contributed by atoms with Gasteiger partial charge in [-0.15, -0.1) is 0 Å². The van der Waals surface area contributed by atoms with Crippen molar-refractivity contribution < 1.29 is 53.8 Å². The monoisotopic (exact) mass is 599 g/mol. The molecule has 0 bridgehead atoms. The van der Waals surface area contributed by atoms with Crippen molar-refractivity contribution in [1.29, 1.82) is 0 Å². The first-order chi connectivity index (χ1) is 16.3. The Morgan fingerprint density at radius 1 is 1.06 bits per heavy atom. The van der Waals surface area contributed by atoms with Gasteiger partial charge in [0.25, 0.3) is 5.56 Å². The van der Waals surface area contributed by atoms with E-state index in [1.54, 1.807) is 0 Å². The zero-order valence-corrected chi connectivity index (χ0v) is 19.9. The highest BCUT2D eigenvalue weighted by atomic mass is 79.9. The van der Waals surface area contributed by atoms with Crippen LogP contribution >= 0.6 is 15.9 Å². The molecular weight excluding hydrogens is 585 g/mol. The Hall–Kier alpha value is -2.82. The number of alkyl halides is 9. The molecule has 1 aromatic heterocycles. The molecule has 0 N–H and O–H groups in total. The van der Waals surface area contributed by atoms with Gasteiger partial charge >= 0.3 is 24.5 Å². The van der Waals surface area contributed by atoms with Gasteiger partial charge in [-0.1, -0.05) is 0 Å². The van der Waals surface area contributed by atoms with Crippen molar-refractivity contribution in [2.75, 3.05) is 18.6 Å². The summed E-state index contributed by atoms with van der Waals surface area (Å²) in [6.07, 6.45) is -18.3. The number of aromatic nitrogens is 2. The molecule has 0 radical (unpaired) electrons. The number of hydrogen-bond donors (Lipinski definition) is 0. The van der Waals surface area contributed by atoms with Gasteiger partial charge in [-0.05, 0) is 35.0 Å². The first-order valence-electron chi connectivity index (χ1n) is 9.46. The summed E-state index contributed by atoms with van der Waals surface area (Å²) in [5.41, 5.74) is -8.11. The van der Waals surface area contributed by atoms with E-state index < -0.39 is 69.2 Å². The number of carbonyl (C=O) groups is 1. The van der Waals surface area contributed by atoms with E-state index in [-0.39, 0.29) is 29.7 Å². The van der Waals surface area contributed by atoms with Gasteiger partial charge in [0.15, 0.2) is 5.69 Å². The summed E-state index contributed by atoms with van der Waals surface area (Å²) < 4.78 is 130. The summed E-state index contributed by atoms with van der Waals surface area (Å²) in [6, 6.07) is -0.0658. The fraction of sp³-hybridized carbons (Fsp3) is 0.421. The van der Waals surface area contributed by atoms with Gasteiger partial charge in [0.05, 0.1) is 27.9 Å².